The van der Waals surface area contributed by atoms with E-state index in [0.29, 0.717) is 26.2 Å². The number of carbonyl (C=O) groups excluding carboxylic acids is 3. The SMILES string of the molecule is COCC(=O)N1CCN(C(=O)C(CNC(=O)OC(C)(C)C)OC)CC1. The fourth-order valence-electron chi connectivity index (χ4n) is 2.36. The van der Waals surface area contributed by atoms with Gasteiger partial charge in [0.1, 0.15) is 12.2 Å². The van der Waals surface area contributed by atoms with Gasteiger partial charge in [-0.3, -0.25) is 9.59 Å². The molecule has 0 saturated carbocycles. The van der Waals surface area contributed by atoms with Gasteiger partial charge in [-0.25, -0.2) is 4.79 Å². The first-order valence-electron chi connectivity index (χ1n) is 8.23. The number of methoxy groups -OCH3 is 2. The van der Waals surface area contributed by atoms with Crippen molar-refractivity contribution in [3.63, 3.8) is 0 Å². The lowest BCUT2D eigenvalue weighted by molar-refractivity contribution is -0.147. The first-order chi connectivity index (χ1) is 11.7. The third-order valence-corrected chi connectivity index (χ3v) is 3.60. The van der Waals surface area contributed by atoms with Gasteiger partial charge in [0.25, 0.3) is 5.91 Å². The smallest absolute Gasteiger partial charge is 0.407 e. The lowest BCUT2D eigenvalue weighted by Crippen LogP contribution is -2.55. The number of amides is 3. The molecule has 1 unspecified atom stereocenters. The number of piperazine rings is 1. The van der Waals surface area contributed by atoms with E-state index in [1.165, 1.54) is 14.2 Å². The van der Waals surface area contributed by atoms with Crippen LogP contribution in [0.3, 0.4) is 0 Å². The third kappa shape index (κ3) is 7.27. The molecule has 0 aliphatic carbocycles. The van der Waals surface area contributed by atoms with Gasteiger partial charge in [-0.15, -0.1) is 0 Å². The Hall–Kier alpha value is -1.87. The van der Waals surface area contributed by atoms with E-state index in [1.54, 1.807) is 30.6 Å². The summed E-state index contributed by atoms with van der Waals surface area (Å²) in [6.45, 7) is 7.07. The zero-order chi connectivity index (χ0) is 19.0. The third-order valence-electron chi connectivity index (χ3n) is 3.60. The highest BCUT2D eigenvalue weighted by Crippen LogP contribution is 2.08. The quantitative estimate of drug-likeness (QED) is 0.708. The van der Waals surface area contributed by atoms with Gasteiger partial charge in [0.2, 0.25) is 5.91 Å². The zero-order valence-electron chi connectivity index (χ0n) is 15.7. The van der Waals surface area contributed by atoms with Gasteiger partial charge >= 0.3 is 6.09 Å². The Bertz CT molecular complexity index is 469. The monoisotopic (exact) mass is 359 g/mol. The van der Waals surface area contributed by atoms with Gasteiger partial charge in [0, 0.05) is 40.4 Å². The van der Waals surface area contributed by atoms with Crippen molar-refractivity contribution < 1.29 is 28.6 Å². The summed E-state index contributed by atoms with van der Waals surface area (Å²) < 4.78 is 15.2. The average molecular weight is 359 g/mol. The molecule has 0 radical (unpaired) electrons. The Kier molecular flexibility index (Phi) is 8.11. The highest BCUT2D eigenvalue weighted by atomic mass is 16.6. The van der Waals surface area contributed by atoms with E-state index >= 15 is 0 Å². The van der Waals surface area contributed by atoms with Crippen LogP contribution in [0.15, 0.2) is 0 Å². The molecule has 1 rings (SSSR count). The topological polar surface area (TPSA) is 97.4 Å². The lowest BCUT2D eigenvalue weighted by atomic mass is 10.2. The predicted octanol–water partition coefficient (Wildman–Crippen LogP) is -0.157. The van der Waals surface area contributed by atoms with Crippen molar-refractivity contribution in [3.05, 3.63) is 0 Å². The van der Waals surface area contributed by atoms with Crippen LogP contribution in [0, 0.1) is 0 Å². The van der Waals surface area contributed by atoms with E-state index in [-0.39, 0.29) is 25.0 Å². The minimum Gasteiger partial charge on any atom is -0.444 e. The normalized spacial score (nSPS) is 16.4. The second-order valence-corrected chi connectivity index (χ2v) is 6.75. The Morgan fingerprint density at radius 2 is 1.60 bits per heavy atom. The molecule has 9 nitrogen and oxygen atoms in total. The molecular weight excluding hydrogens is 330 g/mol. The van der Waals surface area contributed by atoms with Crippen LogP contribution in [-0.2, 0) is 23.8 Å². The second-order valence-electron chi connectivity index (χ2n) is 6.75. The summed E-state index contributed by atoms with van der Waals surface area (Å²) in [7, 11) is 2.89. The Morgan fingerprint density at radius 1 is 1.04 bits per heavy atom. The number of hydrogen-bond acceptors (Lipinski definition) is 6. The number of nitrogens with one attached hydrogen (secondary N) is 1. The van der Waals surface area contributed by atoms with E-state index in [2.05, 4.69) is 5.32 Å². The molecule has 0 aromatic carbocycles. The van der Waals surface area contributed by atoms with E-state index in [1.807, 2.05) is 0 Å². The molecule has 1 fully saturated rings. The summed E-state index contributed by atoms with van der Waals surface area (Å²) in [4.78, 5) is 39.3. The molecule has 3 amide bonds. The van der Waals surface area contributed by atoms with E-state index in [9.17, 15) is 14.4 Å². The van der Waals surface area contributed by atoms with Crippen molar-refractivity contribution in [1.29, 1.82) is 0 Å². The Morgan fingerprint density at radius 3 is 2.08 bits per heavy atom. The number of nitrogens with zero attached hydrogens (tertiary/aromatic N) is 2. The fourth-order valence-corrected chi connectivity index (χ4v) is 2.36. The fraction of sp³-hybridized carbons (Fsp3) is 0.812. The maximum atomic E-state index is 12.5. The molecule has 1 heterocycles. The molecule has 144 valence electrons. The summed E-state index contributed by atoms with van der Waals surface area (Å²) in [5.41, 5.74) is -0.609. The van der Waals surface area contributed by atoms with Crippen molar-refractivity contribution in [2.24, 2.45) is 0 Å². The summed E-state index contributed by atoms with van der Waals surface area (Å²) >= 11 is 0. The highest BCUT2D eigenvalue weighted by Gasteiger charge is 2.29. The molecule has 9 heteroatoms. The van der Waals surface area contributed by atoms with Gasteiger partial charge in [0.05, 0.1) is 6.54 Å². The Labute approximate surface area is 148 Å². The van der Waals surface area contributed by atoms with Gasteiger partial charge in [-0.1, -0.05) is 0 Å². The highest BCUT2D eigenvalue weighted by molar-refractivity contribution is 5.82. The van der Waals surface area contributed by atoms with E-state index in [0.717, 1.165) is 0 Å². The Balaban J connectivity index is 2.46. The van der Waals surface area contributed by atoms with Crippen molar-refractivity contribution >= 4 is 17.9 Å². The van der Waals surface area contributed by atoms with Gasteiger partial charge < -0.3 is 29.3 Å². The molecule has 0 aromatic heterocycles. The minimum absolute atomic E-state index is 0.0209. The van der Waals surface area contributed by atoms with Gasteiger partial charge in [0.15, 0.2) is 6.10 Å². The number of rotatable bonds is 6. The standard InChI is InChI=1S/C16H29N3O6/c1-16(2,3)25-15(22)17-10-12(24-5)14(21)19-8-6-18(7-9-19)13(20)11-23-4/h12H,6-11H2,1-5H3,(H,17,22). The van der Waals surface area contributed by atoms with Crippen molar-refractivity contribution in [1.82, 2.24) is 15.1 Å². The zero-order valence-corrected chi connectivity index (χ0v) is 15.7. The van der Waals surface area contributed by atoms with Crippen LogP contribution in [0.25, 0.3) is 0 Å². The molecule has 1 atom stereocenters. The minimum atomic E-state index is -0.797. The van der Waals surface area contributed by atoms with Crippen LogP contribution < -0.4 is 5.32 Å². The summed E-state index contributed by atoms with van der Waals surface area (Å²) in [5.74, 6) is -0.318. The predicted molar refractivity (Wildman–Crippen MR) is 90.1 cm³/mol. The van der Waals surface area contributed by atoms with Crippen molar-refractivity contribution in [2.45, 2.75) is 32.5 Å². The maximum absolute atomic E-state index is 12.5. The summed E-state index contributed by atoms with van der Waals surface area (Å²) in [6.07, 6.45) is -1.40. The summed E-state index contributed by atoms with van der Waals surface area (Å²) in [5, 5.41) is 2.54. The summed E-state index contributed by atoms with van der Waals surface area (Å²) in [6, 6.07) is 0. The van der Waals surface area contributed by atoms with Crippen LogP contribution >= 0.6 is 0 Å². The first-order valence-corrected chi connectivity index (χ1v) is 8.23. The molecule has 1 saturated heterocycles. The van der Waals surface area contributed by atoms with Crippen LogP contribution in [0.2, 0.25) is 0 Å². The van der Waals surface area contributed by atoms with E-state index in [4.69, 9.17) is 14.2 Å². The lowest BCUT2D eigenvalue weighted by Gasteiger charge is -2.36. The molecule has 0 spiro atoms. The second kappa shape index (κ2) is 9.57. The molecule has 1 aliphatic heterocycles. The van der Waals surface area contributed by atoms with Crippen LogP contribution in [0.4, 0.5) is 4.79 Å². The van der Waals surface area contributed by atoms with Crippen LogP contribution in [-0.4, -0.2) is 93.0 Å². The molecule has 1 N–H and O–H groups in total. The molecule has 0 aromatic rings. The van der Waals surface area contributed by atoms with Crippen molar-refractivity contribution in [2.75, 3.05) is 53.6 Å². The number of hydrogen-bond donors (Lipinski definition) is 1. The maximum Gasteiger partial charge on any atom is 0.407 e. The average Bonchev–Trinajstić information content (AvgIpc) is 2.54. The molecular formula is C16H29N3O6. The number of alkyl carbamates (subject to hydrolysis) is 1. The molecule has 0 bridgehead atoms. The molecule has 1 aliphatic rings. The van der Waals surface area contributed by atoms with Gasteiger partial charge in [-0.2, -0.15) is 0 Å². The number of ether oxygens (including phenoxy) is 3. The van der Waals surface area contributed by atoms with Gasteiger partial charge in [-0.05, 0) is 20.8 Å². The van der Waals surface area contributed by atoms with E-state index < -0.39 is 17.8 Å². The largest absolute Gasteiger partial charge is 0.444 e. The first kappa shape index (κ1) is 21.2. The van der Waals surface area contributed by atoms with Crippen LogP contribution in [0.1, 0.15) is 20.8 Å². The molecule has 25 heavy (non-hydrogen) atoms. The van der Waals surface area contributed by atoms with Crippen LogP contribution in [0.5, 0.6) is 0 Å². The number of carbonyl (C=O) groups is 3. The van der Waals surface area contributed by atoms with Crippen molar-refractivity contribution in [3.8, 4) is 0 Å².